The maximum atomic E-state index is 13.3. The fourth-order valence-corrected chi connectivity index (χ4v) is 3.85. The maximum Gasteiger partial charge on any atom is 0.264 e. The average Bonchev–Trinajstić information content (AvgIpc) is 2.92. The highest BCUT2D eigenvalue weighted by atomic mass is 35.5. The van der Waals surface area contributed by atoms with Gasteiger partial charge in [-0.1, -0.05) is 35.9 Å². The number of Topliss-reactive ketones (excluding diaryl/α,β-unsaturated/α-hetero) is 1. The quantitative estimate of drug-likeness (QED) is 0.649. The van der Waals surface area contributed by atoms with Crippen LogP contribution in [0.4, 0.5) is 5.69 Å². The van der Waals surface area contributed by atoms with Crippen LogP contribution in [0.15, 0.2) is 67.0 Å². The van der Waals surface area contributed by atoms with Gasteiger partial charge in [-0.2, -0.15) is 0 Å². The molecule has 0 radical (unpaired) electrons. The Morgan fingerprint density at radius 2 is 1.86 bits per heavy atom. The standard InChI is InChI=1S/C23H19ClN2O3/c1-15-4-2-3-5-17(15)14-26-20-7-6-18(24)12-19(20)23(29,22(26)28)13-21(27)16-8-10-25-11-9-16/h2-12,29H,13-14H2,1H3/t23-/m1/s1. The average molecular weight is 407 g/mol. The van der Waals surface area contributed by atoms with E-state index < -0.39 is 11.5 Å². The number of pyridine rings is 1. The number of aromatic nitrogens is 1. The van der Waals surface area contributed by atoms with Crippen molar-refractivity contribution in [2.45, 2.75) is 25.5 Å². The number of anilines is 1. The van der Waals surface area contributed by atoms with E-state index in [-0.39, 0.29) is 12.2 Å². The van der Waals surface area contributed by atoms with Crippen LogP contribution in [0.2, 0.25) is 5.02 Å². The molecule has 6 heteroatoms. The lowest BCUT2D eigenvalue weighted by molar-refractivity contribution is -0.136. The molecule has 2 aromatic carbocycles. The minimum absolute atomic E-state index is 0.298. The molecule has 146 valence electrons. The van der Waals surface area contributed by atoms with E-state index in [2.05, 4.69) is 4.98 Å². The summed E-state index contributed by atoms with van der Waals surface area (Å²) in [5, 5.41) is 11.8. The molecule has 0 saturated carbocycles. The molecule has 0 spiro atoms. The van der Waals surface area contributed by atoms with Gasteiger partial charge in [0, 0.05) is 28.5 Å². The van der Waals surface area contributed by atoms with Crippen LogP contribution in [-0.4, -0.2) is 21.8 Å². The van der Waals surface area contributed by atoms with Crippen molar-refractivity contribution in [3.63, 3.8) is 0 Å². The van der Waals surface area contributed by atoms with Crippen molar-refractivity contribution in [2.24, 2.45) is 0 Å². The van der Waals surface area contributed by atoms with E-state index in [1.165, 1.54) is 17.3 Å². The molecule has 1 amide bonds. The van der Waals surface area contributed by atoms with Crippen LogP contribution < -0.4 is 4.90 Å². The molecule has 1 N–H and O–H groups in total. The fraction of sp³-hybridized carbons (Fsp3) is 0.174. The second-order valence-corrected chi connectivity index (χ2v) is 7.61. The lowest BCUT2D eigenvalue weighted by atomic mass is 9.88. The number of rotatable bonds is 5. The molecule has 0 bridgehead atoms. The predicted octanol–water partition coefficient (Wildman–Crippen LogP) is 4.05. The number of hydrogen-bond donors (Lipinski definition) is 1. The van der Waals surface area contributed by atoms with Gasteiger partial charge in [-0.15, -0.1) is 0 Å². The van der Waals surface area contributed by atoms with E-state index in [4.69, 9.17) is 11.6 Å². The molecule has 3 aromatic rings. The van der Waals surface area contributed by atoms with Gasteiger partial charge in [-0.3, -0.25) is 14.6 Å². The van der Waals surface area contributed by atoms with E-state index in [1.54, 1.807) is 30.3 Å². The van der Waals surface area contributed by atoms with Crippen LogP contribution in [0.5, 0.6) is 0 Å². The lowest BCUT2D eigenvalue weighted by Crippen LogP contribution is -2.41. The van der Waals surface area contributed by atoms with Gasteiger partial charge in [0.25, 0.3) is 5.91 Å². The summed E-state index contributed by atoms with van der Waals surface area (Å²) in [7, 11) is 0. The van der Waals surface area contributed by atoms with Gasteiger partial charge in [0.2, 0.25) is 0 Å². The molecule has 0 unspecified atom stereocenters. The first-order valence-corrected chi connectivity index (χ1v) is 9.60. The first-order valence-electron chi connectivity index (χ1n) is 9.22. The van der Waals surface area contributed by atoms with Crippen molar-refractivity contribution in [1.82, 2.24) is 4.98 Å². The molecule has 29 heavy (non-hydrogen) atoms. The molecule has 4 rings (SSSR count). The Morgan fingerprint density at radius 1 is 1.14 bits per heavy atom. The van der Waals surface area contributed by atoms with Crippen LogP contribution in [0, 0.1) is 6.92 Å². The third-order valence-electron chi connectivity index (χ3n) is 5.30. The molecule has 0 aliphatic carbocycles. The largest absolute Gasteiger partial charge is 0.375 e. The first kappa shape index (κ1) is 19.3. The second kappa shape index (κ2) is 7.43. The van der Waals surface area contributed by atoms with E-state index >= 15 is 0 Å². The minimum Gasteiger partial charge on any atom is -0.375 e. The third kappa shape index (κ3) is 3.43. The topological polar surface area (TPSA) is 70.5 Å². The maximum absolute atomic E-state index is 13.3. The van der Waals surface area contributed by atoms with Crippen LogP contribution in [0.3, 0.4) is 0 Å². The van der Waals surface area contributed by atoms with Gasteiger partial charge in [0.05, 0.1) is 18.7 Å². The summed E-state index contributed by atoms with van der Waals surface area (Å²) in [5.41, 5.74) is 1.34. The van der Waals surface area contributed by atoms with Crippen LogP contribution in [0.25, 0.3) is 0 Å². The van der Waals surface area contributed by atoms with E-state index in [0.717, 1.165) is 11.1 Å². The number of benzene rings is 2. The summed E-state index contributed by atoms with van der Waals surface area (Å²) in [4.78, 5) is 31.5. The smallest absolute Gasteiger partial charge is 0.264 e. The molecule has 2 heterocycles. The summed E-state index contributed by atoms with van der Waals surface area (Å²) in [6.07, 6.45) is 2.64. The Hall–Kier alpha value is -3.02. The van der Waals surface area contributed by atoms with Gasteiger partial charge >= 0.3 is 0 Å². The Bertz CT molecular complexity index is 1100. The highest BCUT2D eigenvalue weighted by Crippen LogP contribution is 2.44. The van der Waals surface area contributed by atoms with Crippen molar-refractivity contribution >= 4 is 29.0 Å². The number of aliphatic hydroxyl groups is 1. The zero-order chi connectivity index (χ0) is 20.6. The van der Waals surface area contributed by atoms with Crippen molar-refractivity contribution in [1.29, 1.82) is 0 Å². The number of aryl methyl sites for hydroxylation is 1. The molecular weight excluding hydrogens is 388 g/mol. The van der Waals surface area contributed by atoms with Gasteiger partial charge in [-0.25, -0.2) is 0 Å². The normalized spacial score (nSPS) is 18.0. The van der Waals surface area contributed by atoms with Gasteiger partial charge in [0.1, 0.15) is 0 Å². The summed E-state index contributed by atoms with van der Waals surface area (Å²) < 4.78 is 0. The highest BCUT2D eigenvalue weighted by Gasteiger charge is 2.51. The summed E-state index contributed by atoms with van der Waals surface area (Å²) in [6, 6.07) is 15.8. The van der Waals surface area contributed by atoms with Crippen molar-refractivity contribution in [2.75, 3.05) is 4.90 Å². The van der Waals surface area contributed by atoms with Crippen LogP contribution in [0.1, 0.15) is 33.5 Å². The SMILES string of the molecule is Cc1ccccc1CN1C(=O)[C@@](O)(CC(=O)c2ccncc2)c2cc(Cl)ccc21. The van der Waals surface area contributed by atoms with Crippen molar-refractivity contribution in [3.8, 4) is 0 Å². The number of ketones is 1. The number of amides is 1. The van der Waals surface area contributed by atoms with Crippen LogP contribution >= 0.6 is 11.6 Å². The zero-order valence-electron chi connectivity index (χ0n) is 15.8. The molecule has 1 aromatic heterocycles. The molecule has 0 fully saturated rings. The molecule has 0 saturated heterocycles. The number of carbonyl (C=O) groups excluding carboxylic acids is 2. The predicted molar refractivity (Wildman–Crippen MR) is 111 cm³/mol. The van der Waals surface area contributed by atoms with E-state index in [9.17, 15) is 14.7 Å². The van der Waals surface area contributed by atoms with Crippen LogP contribution in [-0.2, 0) is 16.9 Å². The summed E-state index contributed by atoms with van der Waals surface area (Å²) in [5.74, 6) is -0.868. The first-order chi connectivity index (χ1) is 13.9. The van der Waals surface area contributed by atoms with E-state index in [0.29, 0.717) is 28.4 Å². The lowest BCUT2D eigenvalue weighted by Gasteiger charge is -2.23. The molecule has 1 aliphatic rings. The molecule has 5 nitrogen and oxygen atoms in total. The minimum atomic E-state index is -1.97. The zero-order valence-corrected chi connectivity index (χ0v) is 16.6. The monoisotopic (exact) mass is 406 g/mol. The molecular formula is C23H19ClN2O3. The number of halogens is 1. The van der Waals surface area contributed by atoms with Gasteiger partial charge in [-0.05, 0) is 48.4 Å². The Balaban J connectivity index is 1.73. The fourth-order valence-electron chi connectivity index (χ4n) is 3.68. The van der Waals surface area contributed by atoms with Crippen molar-refractivity contribution < 1.29 is 14.7 Å². The highest BCUT2D eigenvalue weighted by molar-refractivity contribution is 6.31. The number of hydrogen-bond acceptors (Lipinski definition) is 4. The Morgan fingerprint density at radius 3 is 2.59 bits per heavy atom. The third-order valence-corrected chi connectivity index (χ3v) is 5.54. The summed E-state index contributed by atoms with van der Waals surface area (Å²) in [6.45, 7) is 2.27. The van der Waals surface area contributed by atoms with Crippen molar-refractivity contribution in [3.05, 3.63) is 94.3 Å². The number of carbonyl (C=O) groups is 2. The Kier molecular flexibility index (Phi) is 4.94. The summed E-state index contributed by atoms with van der Waals surface area (Å²) >= 11 is 6.15. The molecule has 1 atom stereocenters. The second-order valence-electron chi connectivity index (χ2n) is 7.18. The number of fused-ring (bicyclic) bond motifs is 1. The number of nitrogens with zero attached hydrogens (tertiary/aromatic N) is 2. The Labute approximate surface area is 173 Å². The van der Waals surface area contributed by atoms with E-state index in [1.807, 2.05) is 31.2 Å². The van der Waals surface area contributed by atoms with Gasteiger partial charge in [0.15, 0.2) is 11.4 Å². The molecule has 1 aliphatic heterocycles. The van der Waals surface area contributed by atoms with Gasteiger partial charge < -0.3 is 10.0 Å².